The molecule has 1 rings (SSSR count). The van der Waals surface area contributed by atoms with E-state index in [-0.39, 0.29) is 16.4 Å². The van der Waals surface area contributed by atoms with Gasteiger partial charge >= 0.3 is 5.97 Å². The van der Waals surface area contributed by atoms with Crippen molar-refractivity contribution in [1.82, 2.24) is 4.98 Å². The molecule has 0 fully saturated rings. The van der Waals surface area contributed by atoms with Gasteiger partial charge in [-0.05, 0) is 6.07 Å². The fraction of sp³-hybridized carbons (Fsp3) is 0. The number of carboxylic acids is 1. The zero-order valence-electron chi connectivity index (χ0n) is 5.41. The maximum atomic E-state index is 10.4. The maximum Gasteiger partial charge on any atom is 0.340 e. The number of aromatic nitrogens is 1. The highest BCUT2D eigenvalue weighted by Gasteiger charge is 2.12. The molecule has 1 heterocycles. The van der Waals surface area contributed by atoms with Gasteiger partial charge in [0.05, 0.1) is 5.69 Å². The molecule has 0 aliphatic carbocycles. The van der Waals surface area contributed by atoms with E-state index >= 15 is 0 Å². The quantitative estimate of drug-likeness (QED) is 0.620. The fourth-order valence-corrected chi connectivity index (χ4v) is 0.908. The predicted molar refractivity (Wildman–Crippen MR) is 40.6 cm³/mol. The number of hydrogen-bond donors (Lipinski definition) is 2. The standard InChI is InChI=1S/C6H5ClN2O2/c7-5-4(6(10)11)3(8)1-2-9-5/h1-2H,(H2,8,9)(H,10,11). The Balaban J connectivity index is 3.32. The molecule has 0 aromatic carbocycles. The van der Waals surface area contributed by atoms with E-state index in [1.165, 1.54) is 12.3 Å². The van der Waals surface area contributed by atoms with E-state index in [1.807, 2.05) is 0 Å². The average Bonchev–Trinajstić information content (AvgIpc) is 1.85. The summed E-state index contributed by atoms with van der Waals surface area (Å²) in [6, 6.07) is 1.38. The van der Waals surface area contributed by atoms with E-state index in [9.17, 15) is 4.79 Å². The molecule has 0 bridgehead atoms. The number of pyridine rings is 1. The second-order valence-corrected chi connectivity index (χ2v) is 2.23. The SMILES string of the molecule is Nc1ccnc(Cl)c1C(=O)O. The van der Waals surface area contributed by atoms with Gasteiger partial charge in [0, 0.05) is 6.20 Å². The Morgan fingerprint density at radius 1 is 1.73 bits per heavy atom. The van der Waals surface area contributed by atoms with Crippen molar-refractivity contribution in [2.24, 2.45) is 0 Å². The van der Waals surface area contributed by atoms with Crippen LogP contribution in [0.25, 0.3) is 0 Å². The van der Waals surface area contributed by atoms with E-state index in [2.05, 4.69) is 4.98 Å². The van der Waals surface area contributed by atoms with E-state index in [0.717, 1.165) is 0 Å². The number of carbonyl (C=O) groups is 1. The Labute approximate surface area is 67.6 Å². The summed E-state index contributed by atoms with van der Waals surface area (Å²) in [5.74, 6) is -1.17. The zero-order chi connectivity index (χ0) is 8.43. The Morgan fingerprint density at radius 2 is 2.36 bits per heavy atom. The second kappa shape index (κ2) is 2.75. The van der Waals surface area contributed by atoms with E-state index in [4.69, 9.17) is 22.4 Å². The fourth-order valence-electron chi connectivity index (χ4n) is 0.662. The number of nitrogen functional groups attached to an aromatic ring is 1. The molecule has 11 heavy (non-hydrogen) atoms. The van der Waals surface area contributed by atoms with Crippen LogP contribution in [0.2, 0.25) is 5.15 Å². The van der Waals surface area contributed by atoms with Crippen molar-refractivity contribution < 1.29 is 9.90 Å². The summed E-state index contributed by atoms with van der Waals surface area (Å²) >= 11 is 5.45. The smallest absolute Gasteiger partial charge is 0.340 e. The van der Waals surface area contributed by atoms with Crippen LogP contribution in [0.4, 0.5) is 5.69 Å². The van der Waals surface area contributed by atoms with Crippen LogP contribution in [-0.2, 0) is 0 Å². The minimum Gasteiger partial charge on any atom is -0.478 e. The monoisotopic (exact) mass is 172 g/mol. The van der Waals surface area contributed by atoms with Crippen LogP contribution >= 0.6 is 11.6 Å². The van der Waals surface area contributed by atoms with Gasteiger partial charge in [0.15, 0.2) is 0 Å². The van der Waals surface area contributed by atoms with Gasteiger partial charge in [-0.25, -0.2) is 9.78 Å². The number of anilines is 1. The first-order valence-corrected chi connectivity index (χ1v) is 3.14. The Morgan fingerprint density at radius 3 is 2.73 bits per heavy atom. The number of hydrogen-bond acceptors (Lipinski definition) is 3. The second-order valence-electron chi connectivity index (χ2n) is 1.87. The number of rotatable bonds is 1. The van der Waals surface area contributed by atoms with Gasteiger partial charge in [-0.2, -0.15) is 0 Å². The lowest BCUT2D eigenvalue weighted by Gasteiger charge is -1.99. The predicted octanol–water partition coefficient (Wildman–Crippen LogP) is 1.02. The molecule has 0 saturated carbocycles. The Kier molecular flexibility index (Phi) is 1.96. The van der Waals surface area contributed by atoms with Crippen LogP contribution in [0.15, 0.2) is 12.3 Å². The van der Waals surface area contributed by atoms with Gasteiger partial charge in [0.25, 0.3) is 0 Å². The highest BCUT2D eigenvalue weighted by molar-refractivity contribution is 6.32. The molecule has 0 unspecified atom stereocenters. The molecule has 0 spiro atoms. The van der Waals surface area contributed by atoms with Crippen LogP contribution in [0.5, 0.6) is 0 Å². The number of halogens is 1. The highest BCUT2D eigenvalue weighted by atomic mass is 35.5. The number of nitrogens with two attached hydrogens (primary N) is 1. The van der Waals surface area contributed by atoms with Crippen LogP contribution < -0.4 is 5.73 Å². The number of nitrogens with zero attached hydrogens (tertiary/aromatic N) is 1. The van der Waals surface area contributed by atoms with Gasteiger partial charge in [0.2, 0.25) is 0 Å². The van der Waals surface area contributed by atoms with Crippen molar-refractivity contribution in [2.45, 2.75) is 0 Å². The molecule has 0 saturated heterocycles. The third kappa shape index (κ3) is 1.40. The van der Waals surface area contributed by atoms with Gasteiger partial charge in [-0.15, -0.1) is 0 Å². The third-order valence-electron chi connectivity index (χ3n) is 1.15. The van der Waals surface area contributed by atoms with Gasteiger partial charge < -0.3 is 10.8 Å². The van der Waals surface area contributed by atoms with Crippen molar-refractivity contribution in [3.05, 3.63) is 23.0 Å². The van der Waals surface area contributed by atoms with Crippen molar-refractivity contribution >= 4 is 23.3 Å². The zero-order valence-corrected chi connectivity index (χ0v) is 6.17. The molecule has 0 aliphatic heterocycles. The van der Waals surface area contributed by atoms with Gasteiger partial charge in [-0.3, -0.25) is 0 Å². The summed E-state index contributed by atoms with van der Waals surface area (Å²) < 4.78 is 0. The summed E-state index contributed by atoms with van der Waals surface area (Å²) in [6.07, 6.45) is 1.35. The minimum absolute atomic E-state index is 0.0856. The van der Waals surface area contributed by atoms with Gasteiger partial charge in [-0.1, -0.05) is 11.6 Å². The molecule has 0 radical (unpaired) electrons. The van der Waals surface area contributed by atoms with Crippen LogP contribution in [-0.4, -0.2) is 16.1 Å². The molecule has 0 amide bonds. The molecule has 0 aliphatic rings. The van der Waals surface area contributed by atoms with Crippen molar-refractivity contribution in [3.8, 4) is 0 Å². The molecule has 1 aromatic heterocycles. The van der Waals surface area contributed by atoms with Crippen LogP contribution in [0.1, 0.15) is 10.4 Å². The first-order chi connectivity index (χ1) is 5.13. The number of aromatic carboxylic acids is 1. The average molecular weight is 173 g/mol. The molecule has 1 aromatic rings. The Hall–Kier alpha value is -1.29. The highest BCUT2D eigenvalue weighted by Crippen LogP contribution is 2.18. The largest absolute Gasteiger partial charge is 0.478 e. The first-order valence-electron chi connectivity index (χ1n) is 2.76. The molecule has 5 heteroatoms. The topological polar surface area (TPSA) is 76.2 Å². The molecular formula is C6H5ClN2O2. The molecule has 58 valence electrons. The molecular weight excluding hydrogens is 168 g/mol. The summed E-state index contributed by atoms with van der Waals surface area (Å²) in [6.45, 7) is 0. The van der Waals surface area contributed by atoms with Crippen LogP contribution in [0.3, 0.4) is 0 Å². The van der Waals surface area contributed by atoms with Crippen molar-refractivity contribution in [3.63, 3.8) is 0 Å². The lowest BCUT2D eigenvalue weighted by molar-refractivity contribution is 0.0698. The first kappa shape index (κ1) is 7.81. The molecule has 3 N–H and O–H groups in total. The van der Waals surface area contributed by atoms with E-state index < -0.39 is 5.97 Å². The summed E-state index contributed by atoms with van der Waals surface area (Å²) in [5, 5.41) is 8.46. The molecule has 0 atom stereocenters. The van der Waals surface area contributed by atoms with Crippen LogP contribution in [0, 0.1) is 0 Å². The Bertz CT molecular complexity index is 280. The summed E-state index contributed by atoms with van der Waals surface area (Å²) in [4.78, 5) is 14.0. The normalized spacial score (nSPS) is 9.55. The lowest BCUT2D eigenvalue weighted by Crippen LogP contribution is -2.03. The van der Waals surface area contributed by atoms with Crippen molar-refractivity contribution in [1.29, 1.82) is 0 Å². The van der Waals surface area contributed by atoms with Crippen molar-refractivity contribution in [2.75, 3.05) is 5.73 Å². The van der Waals surface area contributed by atoms with E-state index in [0.29, 0.717) is 0 Å². The van der Waals surface area contributed by atoms with E-state index in [1.54, 1.807) is 0 Å². The maximum absolute atomic E-state index is 10.4. The number of carboxylic acid groups (broad SMARTS) is 1. The summed E-state index contributed by atoms with van der Waals surface area (Å²) in [5.41, 5.74) is 5.30. The van der Waals surface area contributed by atoms with Gasteiger partial charge in [0.1, 0.15) is 10.7 Å². The third-order valence-corrected chi connectivity index (χ3v) is 1.44. The lowest BCUT2D eigenvalue weighted by atomic mass is 10.2. The molecule has 4 nitrogen and oxygen atoms in total. The summed E-state index contributed by atoms with van der Waals surface area (Å²) in [7, 11) is 0. The minimum atomic E-state index is -1.17.